The first-order chi connectivity index (χ1) is 7.83. The van der Waals surface area contributed by atoms with Gasteiger partial charge in [-0.15, -0.1) is 0 Å². The van der Waals surface area contributed by atoms with Crippen LogP contribution in [0.15, 0.2) is 24.3 Å². The molecule has 0 spiro atoms. The maximum absolute atomic E-state index is 8.73. The van der Waals surface area contributed by atoms with Crippen molar-refractivity contribution in [3.05, 3.63) is 29.8 Å². The molecule has 0 bridgehead atoms. The van der Waals surface area contributed by atoms with E-state index in [1.165, 1.54) is 0 Å². The molecule has 0 heterocycles. The van der Waals surface area contributed by atoms with Crippen LogP contribution < -0.4 is 10.5 Å². The zero-order valence-corrected chi connectivity index (χ0v) is 9.56. The lowest BCUT2D eigenvalue weighted by Gasteiger charge is -2.19. The second-order valence-electron chi connectivity index (χ2n) is 3.29. The van der Waals surface area contributed by atoms with Gasteiger partial charge in [-0.2, -0.15) is 0 Å². The van der Waals surface area contributed by atoms with Crippen LogP contribution in [0.3, 0.4) is 0 Å². The van der Waals surface area contributed by atoms with Gasteiger partial charge < -0.3 is 20.3 Å². The van der Waals surface area contributed by atoms with E-state index in [0.717, 1.165) is 11.3 Å². The average molecular weight is 225 g/mol. The maximum Gasteiger partial charge on any atom is 0.125 e. The minimum absolute atomic E-state index is 0.00665. The fraction of sp³-hybridized carbons (Fsp3) is 0.500. The second-order valence-corrected chi connectivity index (χ2v) is 3.29. The first-order valence-corrected chi connectivity index (χ1v) is 5.47. The van der Waals surface area contributed by atoms with Gasteiger partial charge >= 0.3 is 0 Å². The standard InChI is InChI=1S/C12H19NO3/c1-2-15-11-6-4-3-5-10(11)12(9-13)16-8-7-14/h3-6,12,14H,2,7-9,13H2,1H3. The van der Waals surface area contributed by atoms with Gasteiger partial charge in [0, 0.05) is 12.1 Å². The van der Waals surface area contributed by atoms with Gasteiger partial charge in [0.1, 0.15) is 5.75 Å². The molecule has 0 aliphatic rings. The van der Waals surface area contributed by atoms with Crippen LogP contribution in [0.5, 0.6) is 5.75 Å². The monoisotopic (exact) mass is 225 g/mol. The first-order valence-electron chi connectivity index (χ1n) is 5.47. The average Bonchev–Trinajstić information content (AvgIpc) is 2.32. The smallest absolute Gasteiger partial charge is 0.125 e. The first kappa shape index (κ1) is 13.0. The lowest BCUT2D eigenvalue weighted by atomic mass is 10.1. The molecule has 0 saturated carbocycles. The summed E-state index contributed by atoms with van der Waals surface area (Å²) >= 11 is 0. The highest BCUT2D eigenvalue weighted by Gasteiger charge is 2.14. The minimum Gasteiger partial charge on any atom is -0.493 e. The number of nitrogens with two attached hydrogens (primary N) is 1. The van der Waals surface area contributed by atoms with Crippen LogP contribution in [-0.4, -0.2) is 31.5 Å². The summed E-state index contributed by atoms with van der Waals surface area (Å²) in [5, 5.41) is 8.73. The van der Waals surface area contributed by atoms with Crippen LogP contribution in [-0.2, 0) is 4.74 Å². The van der Waals surface area contributed by atoms with Gasteiger partial charge in [-0.1, -0.05) is 18.2 Å². The van der Waals surface area contributed by atoms with Gasteiger partial charge in [0.2, 0.25) is 0 Å². The van der Waals surface area contributed by atoms with E-state index in [0.29, 0.717) is 13.2 Å². The molecule has 0 amide bonds. The topological polar surface area (TPSA) is 64.7 Å². The Hall–Kier alpha value is -1.10. The largest absolute Gasteiger partial charge is 0.493 e. The highest BCUT2D eigenvalue weighted by atomic mass is 16.5. The van der Waals surface area contributed by atoms with E-state index >= 15 is 0 Å². The molecule has 0 radical (unpaired) electrons. The van der Waals surface area contributed by atoms with E-state index in [1.54, 1.807) is 0 Å². The van der Waals surface area contributed by atoms with Crippen molar-refractivity contribution in [3.63, 3.8) is 0 Å². The van der Waals surface area contributed by atoms with Crippen LogP contribution in [0, 0.1) is 0 Å². The summed E-state index contributed by atoms with van der Waals surface area (Å²) in [7, 11) is 0. The maximum atomic E-state index is 8.73. The lowest BCUT2D eigenvalue weighted by molar-refractivity contribution is 0.0313. The summed E-state index contributed by atoms with van der Waals surface area (Å²) in [6.07, 6.45) is -0.227. The number of benzene rings is 1. The van der Waals surface area contributed by atoms with Gasteiger partial charge in [0.15, 0.2) is 0 Å². The Balaban J connectivity index is 2.81. The third-order valence-corrected chi connectivity index (χ3v) is 2.19. The van der Waals surface area contributed by atoms with Gasteiger partial charge in [0.05, 0.1) is 25.9 Å². The van der Waals surface area contributed by atoms with Gasteiger partial charge in [0.25, 0.3) is 0 Å². The number of aliphatic hydroxyl groups excluding tert-OH is 1. The molecule has 1 unspecified atom stereocenters. The van der Waals surface area contributed by atoms with Crippen LogP contribution in [0.25, 0.3) is 0 Å². The Morgan fingerprint density at radius 1 is 1.38 bits per heavy atom. The summed E-state index contributed by atoms with van der Waals surface area (Å²) in [5.74, 6) is 0.790. The zero-order valence-electron chi connectivity index (χ0n) is 9.56. The highest BCUT2D eigenvalue weighted by molar-refractivity contribution is 5.35. The van der Waals surface area contributed by atoms with E-state index in [-0.39, 0.29) is 19.3 Å². The molecule has 4 heteroatoms. The zero-order chi connectivity index (χ0) is 11.8. The Kier molecular flexibility index (Phi) is 5.85. The van der Waals surface area contributed by atoms with Crippen molar-refractivity contribution in [1.29, 1.82) is 0 Å². The number of para-hydroxylation sites is 1. The number of hydrogen-bond acceptors (Lipinski definition) is 4. The molecule has 4 nitrogen and oxygen atoms in total. The molecular weight excluding hydrogens is 206 g/mol. The predicted octanol–water partition coefficient (Wildman–Crippen LogP) is 1.09. The van der Waals surface area contributed by atoms with Gasteiger partial charge in [-0.05, 0) is 13.0 Å². The number of rotatable bonds is 7. The number of ether oxygens (including phenoxy) is 2. The van der Waals surface area contributed by atoms with Gasteiger partial charge in [-0.3, -0.25) is 0 Å². The summed E-state index contributed by atoms with van der Waals surface area (Å²) < 4.78 is 11.0. The van der Waals surface area contributed by atoms with Crippen molar-refractivity contribution in [2.75, 3.05) is 26.4 Å². The number of aliphatic hydroxyl groups is 1. The van der Waals surface area contributed by atoms with E-state index in [2.05, 4.69) is 0 Å². The van der Waals surface area contributed by atoms with Crippen LogP contribution >= 0.6 is 0 Å². The van der Waals surface area contributed by atoms with Crippen molar-refractivity contribution in [1.82, 2.24) is 0 Å². The normalized spacial score (nSPS) is 12.4. The van der Waals surface area contributed by atoms with Crippen molar-refractivity contribution in [3.8, 4) is 5.75 Å². The van der Waals surface area contributed by atoms with E-state index in [4.69, 9.17) is 20.3 Å². The lowest BCUT2D eigenvalue weighted by Crippen LogP contribution is -2.18. The summed E-state index contributed by atoms with van der Waals surface area (Å²) in [4.78, 5) is 0. The van der Waals surface area contributed by atoms with E-state index in [1.807, 2.05) is 31.2 Å². The molecule has 90 valence electrons. The fourth-order valence-electron chi connectivity index (χ4n) is 1.51. The van der Waals surface area contributed by atoms with Crippen molar-refractivity contribution in [2.45, 2.75) is 13.0 Å². The molecule has 0 aliphatic heterocycles. The fourth-order valence-corrected chi connectivity index (χ4v) is 1.51. The highest BCUT2D eigenvalue weighted by Crippen LogP contribution is 2.26. The van der Waals surface area contributed by atoms with E-state index < -0.39 is 0 Å². The Bertz CT molecular complexity index is 304. The molecule has 0 fully saturated rings. The molecule has 3 N–H and O–H groups in total. The SMILES string of the molecule is CCOc1ccccc1C(CN)OCCO. The molecule has 1 aromatic rings. The van der Waals surface area contributed by atoms with Gasteiger partial charge in [-0.25, -0.2) is 0 Å². The van der Waals surface area contributed by atoms with Crippen molar-refractivity contribution in [2.24, 2.45) is 5.73 Å². The minimum atomic E-state index is -0.227. The Labute approximate surface area is 96.0 Å². The molecule has 0 aliphatic carbocycles. The Morgan fingerprint density at radius 2 is 2.12 bits per heavy atom. The van der Waals surface area contributed by atoms with Crippen molar-refractivity contribution < 1.29 is 14.6 Å². The quantitative estimate of drug-likeness (QED) is 0.729. The summed E-state index contributed by atoms with van der Waals surface area (Å²) in [6, 6.07) is 7.65. The molecule has 1 aromatic carbocycles. The molecule has 1 atom stereocenters. The Morgan fingerprint density at radius 3 is 2.75 bits per heavy atom. The van der Waals surface area contributed by atoms with Crippen molar-refractivity contribution >= 4 is 0 Å². The summed E-state index contributed by atoms with van der Waals surface area (Å²) in [6.45, 7) is 3.18. The molecule has 0 aromatic heterocycles. The third kappa shape index (κ3) is 3.48. The molecule has 0 saturated heterocycles. The van der Waals surface area contributed by atoms with Crippen LogP contribution in [0.1, 0.15) is 18.6 Å². The van der Waals surface area contributed by atoms with Crippen LogP contribution in [0.2, 0.25) is 0 Å². The second kappa shape index (κ2) is 7.22. The molecule has 1 rings (SSSR count). The van der Waals surface area contributed by atoms with E-state index in [9.17, 15) is 0 Å². The molecular formula is C12H19NO3. The number of hydrogen-bond donors (Lipinski definition) is 2. The summed E-state index contributed by atoms with van der Waals surface area (Å²) in [5.41, 5.74) is 6.58. The predicted molar refractivity (Wildman–Crippen MR) is 62.4 cm³/mol. The third-order valence-electron chi connectivity index (χ3n) is 2.19. The van der Waals surface area contributed by atoms with Crippen LogP contribution in [0.4, 0.5) is 0 Å². The molecule has 16 heavy (non-hydrogen) atoms.